The van der Waals surface area contributed by atoms with E-state index in [1.807, 2.05) is 4.90 Å². The van der Waals surface area contributed by atoms with E-state index < -0.39 is 0 Å². The molecule has 14 heavy (non-hydrogen) atoms. The lowest BCUT2D eigenvalue weighted by Gasteiger charge is -2.13. The number of carbonyl (C=O) groups is 1. The first-order chi connectivity index (χ1) is 6.67. The van der Waals surface area contributed by atoms with Crippen LogP contribution in [0.2, 0.25) is 0 Å². The van der Waals surface area contributed by atoms with Gasteiger partial charge < -0.3 is 14.4 Å². The predicted octanol–water partition coefficient (Wildman–Crippen LogP) is 0.721. The van der Waals surface area contributed by atoms with Gasteiger partial charge in [0.2, 0.25) is 0 Å². The lowest BCUT2D eigenvalue weighted by molar-refractivity contribution is -0.140. The van der Waals surface area contributed by atoms with Gasteiger partial charge in [-0.05, 0) is 18.3 Å². The molecule has 0 N–H and O–H groups in total. The zero-order chi connectivity index (χ0) is 10.6. The SMILES string of the molecule is C=C[C@@H]1CN(CCC(=O)OC)C(=S)O1. The molecule has 0 saturated carbocycles. The van der Waals surface area contributed by atoms with Crippen molar-refractivity contribution in [2.45, 2.75) is 12.5 Å². The van der Waals surface area contributed by atoms with Crippen molar-refractivity contribution in [3.05, 3.63) is 12.7 Å². The number of hydrogen-bond acceptors (Lipinski definition) is 4. The van der Waals surface area contributed by atoms with Crippen molar-refractivity contribution in [2.24, 2.45) is 0 Å². The Bertz CT molecular complexity index is 254. The molecule has 78 valence electrons. The molecule has 1 rings (SSSR count). The van der Waals surface area contributed by atoms with Gasteiger partial charge in [-0.25, -0.2) is 0 Å². The third kappa shape index (κ3) is 2.70. The first-order valence-electron chi connectivity index (χ1n) is 4.32. The van der Waals surface area contributed by atoms with Crippen LogP contribution < -0.4 is 0 Å². The second-order valence-corrected chi connectivity index (χ2v) is 3.28. The minimum absolute atomic E-state index is 0.0554. The lowest BCUT2D eigenvalue weighted by atomic mass is 10.3. The molecule has 0 aliphatic carbocycles. The second kappa shape index (κ2) is 4.95. The van der Waals surface area contributed by atoms with Gasteiger partial charge in [-0.2, -0.15) is 0 Å². The van der Waals surface area contributed by atoms with E-state index in [0.29, 0.717) is 24.7 Å². The molecule has 0 aromatic heterocycles. The summed E-state index contributed by atoms with van der Waals surface area (Å²) in [6, 6.07) is 0. The smallest absolute Gasteiger partial charge is 0.307 e. The van der Waals surface area contributed by atoms with E-state index in [4.69, 9.17) is 17.0 Å². The number of hydrogen-bond donors (Lipinski definition) is 0. The van der Waals surface area contributed by atoms with Crippen molar-refractivity contribution < 1.29 is 14.3 Å². The molecule has 0 aromatic rings. The maximum atomic E-state index is 10.9. The van der Waals surface area contributed by atoms with E-state index in [9.17, 15) is 4.79 Å². The molecule has 1 saturated heterocycles. The van der Waals surface area contributed by atoms with Crippen LogP contribution in [0.1, 0.15) is 6.42 Å². The summed E-state index contributed by atoms with van der Waals surface area (Å²) in [7, 11) is 1.37. The normalized spacial score (nSPS) is 20.5. The van der Waals surface area contributed by atoms with Crippen LogP contribution in [-0.4, -0.2) is 42.3 Å². The molecule has 4 nitrogen and oxygen atoms in total. The van der Waals surface area contributed by atoms with Gasteiger partial charge in [-0.3, -0.25) is 4.79 Å². The van der Waals surface area contributed by atoms with Gasteiger partial charge in [-0.1, -0.05) is 6.58 Å². The first-order valence-corrected chi connectivity index (χ1v) is 4.73. The van der Waals surface area contributed by atoms with E-state index in [1.165, 1.54) is 7.11 Å². The van der Waals surface area contributed by atoms with E-state index in [-0.39, 0.29) is 12.1 Å². The minimum Gasteiger partial charge on any atom is -0.469 e. The van der Waals surface area contributed by atoms with Gasteiger partial charge in [0, 0.05) is 6.54 Å². The van der Waals surface area contributed by atoms with Crippen molar-refractivity contribution >= 4 is 23.4 Å². The van der Waals surface area contributed by atoms with Crippen molar-refractivity contribution in [3.8, 4) is 0 Å². The van der Waals surface area contributed by atoms with Crippen LogP contribution in [0.15, 0.2) is 12.7 Å². The Balaban J connectivity index is 2.35. The third-order valence-electron chi connectivity index (χ3n) is 1.99. The molecule has 1 heterocycles. The van der Waals surface area contributed by atoms with Crippen LogP contribution in [0, 0.1) is 0 Å². The highest BCUT2D eigenvalue weighted by atomic mass is 32.1. The number of carbonyl (C=O) groups excluding carboxylic acids is 1. The molecule has 0 unspecified atom stereocenters. The van der Waals surface area contributed by atoms with E-state index in [2.05, 4.69) is 11.3 Å². The summed E-state index contributed by atoms with van der Waals surface area (Å²) in [4.78, 5) is 12.7. The van der Waals surface area contributed by atoms with Crippen molar-refractivity contribution in [1.82, 2.24) is 4.90 Å². The fraction of sp³-hybridized carbons (Fsp3) is 0.556. The molecule has 1 aliphatic rings. The zero-order valence-corrected chi connectivity index (χ0v) is 8.88. The number of esters is 1. The van der Waals surface area contributed by atoms with E-state index in [1.54, 1.807) is 6.08 Å². The number of nitrogens with zero attached hydrogens (tertiary/aromatic N) is 1. The summed E-state index contributed by atoms with van der Waals surface area (Å²) in [5, 5.41) is 0.429. The van der Waals surface area contributed by atoms with Gasteiger partial charge in [-0.15, -0.1) is 0 Å². The Kier molecular flexibility index (Phi) is 3.88. The van der Waals surface area contributed by atoms with Crippen LogP contribution in [0.5, 0.6) is 0 Å². The standard InChI is InChI=1S/C9H13NO3S/c1-3-7-6-10(9(14)13-7)5-4-8(11)12-2/h3,7H,1,4-6H2,2H3/t7-/m1/s1. The summed E-state index contributed by atoms with van der Waals surface area (Å²) in [6.45, 7) is 4.82. The van der Waals surface area contributed by atoms with Gasteiger partial charge in [0.05, 0.1) is 20.1 Å². The fourth-order valence-corrected chi connectivity index (χ4v) is 1.46. The van der Waals surface area contributed by atoms with Crippen LogP contribution in [-0.2, 0) is 14.3 Å². The Morgan fingerprint density at radius 1 is 1.93 bits per heavy atom. The number of ether oxygens (including phenoxy) is 2. The summed E-state index contributed by atoms with van der Waals surface area (Å²) in [6.07, 6.45) is 1.97. The summed E-state index contributed by atoms with van der Waals surface area (Å²) in [5.41, 5.74) is 0. The monoisotopic (exact) mass is 215 g/mol. The van der Waals surface area contributed by atoms with Gasteiger partial charge >= 0.3 is 5.97 Å². The van der Waals surface area contributed by atoms with Crippen LogP contribution in [0.4, 0.5) is 0 Å². The van der Waals surface area contributed by atoms with E-state index >= 15 is 0 Å². The van der Waals surface area contributed by atoms with E-state index in [0.717, 1.165) is 0 Å². The number of methoxy groups -OCH3 is 1. The maximum Gasteiger partial charge on any atom is 0.307 e. The number of rotatable bonds is 4. The summed E-state index contributed by atoms with van der Waals surface area (Å²) >= 11 is 4.98. The summed E-state index contributed by atoms with van der Waals surface area (Å²) in [5.74, 6) is -0.241. The quantitative estimate of drug-likeness (QED) is 0.392. The Morgan fingerprint density at radius 2 is 2.64 bits per heavy atom. The zero-order valence-electron chi connectivity index (χ0n) is 8.06. The van der Waals surface area contributed by atoms with Gasteiger partial charge in [0.1, 0.15) is 6.10 Å². The topological polar surface area (TPSA) is 38.8 Å². The largest absolute Gasteiger partial charge is 0.469 e. The average Bonchev–Trinajstić information content (AvgIpc) is 2.55. The molecule has 1 fully saturated rings. The molecule has 0 amide bonds. The Morgan fingerprint density at radius 3 is 3.14 bits per heavy atom. The van der Waals surface area contributed by atoms with Gasteiger partial charge in [0.25, 0.3) is 5.17 Å². The van der Waals surface area contributed by atoms with Crippen LogP contribution in [0.25, 0.3) is 0 Å². The highest BCUT2D eigenvalue weighted by molar-refractivity contribution is 7.80. The molecule has 0 aromatic carbocycles. The number of thiocarbonyl (C=S) groups is 1. The van der Waals surface area contributed by atoms with Crippen LogP contribution in [0.3, 0.4) is 0 Å². The highest BCUT2D eigenvalue weighted by Crippen LogP contribution is 2.12. The second-order valence-electron chi connectivity index (χ2n) is 2.93. The molecule has 1 aliphatic heterocycles. The first kappa shape index (κ1) is 11.0. The summed E-state index contributed by atoms with van der Waals surface area (Å²) < 4.78 is 9.80. The minimum atomic E-state index is -0.241. The molecule has 1 atom stereocenters. The molecular weight excluding hydrogens is 202 g/mol. The van der Waals surface area contributed by atoms with Crippen molar-refractivity contribution in [2.75, 3.05) is 20.2 Å². The highest BCUT2D eigenvalue weighted by Gasteiger charge is 2.25. The van der Waals surface area contributed by atoms with Gasteiger partial charge in [0.15, 0.2) is 0 Å². The van der Waals surface area contributed by atoms with Crippen molar-refractivity contribution in [3.63, 3.8) is 0 Å². The molecule has 0 spiro atoms. The van der Waals surface area contributed by atoms with Crippen LogP contribution >= 0.6 is 12.2 Å². The molecule has 0 radical (unpaired) electrons. The predicted molar refractivity (Wildman–Crippen MR) is 55.9 cm³/mol. The maximum absolute atomic E-state index is 10.9. The average molecular weight is 215 g/mol. The van der Waals surface area contributed by atoms with Crippen molar-refractivity contribution in [1.29, 1.82) is 0 Å². The molecule has 5 heteroatoms. The third-order valence-corrected chi connectivity index (χ3v) is 2.34. The fourth-order valence-electron chi connectivity index (χ4n) is 1.17. The molecular formula is C9H13NO3S. The lowest BCUT2D eigenvalue weighted by Crippen LogP contribution is -2.27. The Labute approximate surface area is 88.5 Å². The molecule has 0 bridgehead atoms. The Hall–Kier alpha value is -1.10.